The summed E-state index contributed by atoms with van der Waals surface area (Å²) in [5.41, 5.74) is 0. The molecule has 0 aromatic rings. The van der Waals surface area contributed by atoms with E-state index in [4.69, 9.17) is 14.2 Å². The summed E-state index contributed by atoms with van der Waals surface area (Å²) in [5, 5.41) is 0. The molecule has 1 fully saturated rings. The maximum absolute atomic E-state index is 5.53. The number of likely N-dealkylation sites (N-methyl/N-ethyl adjacent to an activating group) is 1. The maximum Gasteiger partial charge on any atom is 0.157 e. The summed E-state index contributed by atoms with van der Waals surface area (Å²) in [5.74, 6) is 0. The fourth-order valence-electron chi connectivity index (χ4n) is 1.43. The van der Waals surface area contributed by atoms with Gasteiger partial charge in [0, 0.05) is 13.2 Å². The lowest BCUT2D eigenvalue weighted by molar-refractivity contribution is -0.169. The number of ether oxygens (including phenoxy) is 3. The van der Waals surface area contributed by atoms with Gasteiger partial charge in [0.15, 0.2) is 6.29 Å². The number of rotatable bonds is 7. The quantitative estimate of drug-likeness (QED) is 0.598. The van der Waals surface area contributed by atoms with Gasteiger partial charge in [0.05, 0.1) is 19.8 Å². The van der Waals surface area contributed by atoms with E-state index in [1.54, 1.807) is 0 Å². The van der Waals surface area contributed by atoms with Gasteiger partial charge in [0.25, 0.3) is 0 Å². The van der Waals surface area contributed by atoms with Crippen LogP contribution in [0, 0.1) is 0 Å². The summed E-state index contributed by atoms with van der Waals surface area (Å²) in [6, 6.07) is 0. The molecule has 1 atom stereocenters. The lowest BCUT2D eigenvalue weighted by Crippen LogP contribution is -2.24. The molecule has 0 bridgehead atoms. The average molecular weight is 217 g/mol. The largest absolute Gasteiger partial charge is 0.378 e. The average Bonchev–Trinajstić information content (AvgIpc) is 2.24. The third-order valence-electron chi connectivity index (χ3n) is 2.35. The second-order valence-corrected chi connectivity index (χ2v) is 4.08. The van der Waals surface area contributed by atoms with Crippen molar-refractivity contribution in [3.63, 3.8) is 0 Å². The summed E-state index contributed by atoms with van der Waals surface area (Å²) in [6.07, 6.45) is 3.42. The Hall–Kier alpha value is -0.160. The molecular weight excluding hydrogens is 194 g/mol. The Morgan fingerprint density at radius 2 is 2.07 bits per heavy atom. The van der Waals surface area contributed by atoms with E-state index in [1.165, 1.54) is 12.8 Å². The van der Waals surface area contributed by atoms with Crippen LogP contribution in [0.5, 0.6) is 0 Å². The van der Waals surface area contributed by atoms with Gasteiger partial charge >= 0.3 is 0 Å². The first-order valence-electron chi connectivity index (χ1n) is 5.75. The van der Waals surface area contributed by atoms with Crippen molar-refractivity contribution in [2.45, 2.75) is 25.6 Å². The highest BCUT2D eigenvalue weighted by molar-refractivity contribution is 4.53. The van der Waals surface area contributed by atoms with Crippen LogP contribution in [0.25, 0.3) is 0 Å². The zero-order chi connectivity index (χ0) is 10.9. The van der Waals surface area contributed by atoms with Crippen molar-refractivity contribution in [1.82, 2.24) is 4.90 Å². The molecule has 0 aromatic heterocycles. The van der Waals surface area contributed by atoms with Crippen LogP contribution in [0.2, 0.25) is 0 Å². The first-order chi connectivity index (χ1) is 7.29. The maximum atomic E-state index is 5.53. The van der Waals surface area contributed by atoms with Gasteiger partial charge in [-0.15, -0.1) is 0 Å². The second kappa shape index (κ2) is 8.05. The Kier molecular flexibility index (Phi) is 6.92. The van der Waals surface area contributed by atoms with Crippen molar-refractivity contribution in [3.05, 3.63) is 0 Å². The van der Waals surface area contributed by atoms with Gasteiger partial charge in [0.2, 0.25) is 0 Å². The molecule has 0 N–H and O–H groups in total. The van der Waals surface area contributed by atoms with Gasteiger partial charge in [-0.2, -0.15) is 0 Å². The molecule has 0 amide bonds. The van der Waals surface area contributed by atoms with Gasteiger partial charge < -0.3 is 19.1 Å². The molecule has 0 radical (unpaired) electrons. The van der Waals surface area contributed by atoms with E-state index in [0.29, 0.717) is 13.2 Å². The van der Waals surface area contributed by atoms with Crippen LogP contribution < -0.4 is 0 Å². The van der Waals surface area contributed by atoms with E-state index in [-0.39, 0.29) is 6.29 Å². The molecule has 0 spiro atoms. The molecule has 1 rings (SSSR count). The van der Waals surface area contributed by atoms with Crippen LogP contribution in [-0.4, -0.2) is 58.3 Å². The first kappa shape index (κ1) is 12.9. The molecule has 1 aliphatic heterocycles. The van der Waals surface area contributed by atoms with Crippen LogP contribution in [0.1, 0.15) is 19.3 Å². The number of nitrogens with zero attached hydrogens (tertiary/aromatic N) is 1. The highest BCUT2D eigenvalue weighted by atomic mass is 16.7. The molecule has 0 aromatic carbocycles. The van der Waals surface area contributed by atoms with Crippen LogP contribution >= 0.6 is 0 Å². The molecule has 0 saturated carbocycles. The standard InChI is InChI=1S/C11H23NO3/c1-12(2)6-8-13-9-10-15-11-5-3-4-7-14-11/h11H,3-10H2,1-2H3. The highest BCUT2D eigenvalue weighted by Gasteiger charge is 2.13. The Morgan fingerprint density at radius 1 is 1.20 bits per heavy atom. The zero-order valence-corrected chi connectivity index (χ0v) is 9.91. The summed E-state index contributed by atoms with van der Waals surface area (Å²) in [6.45, 7) is 3.86. The normalized spacial score (nSPS) is 22.2. The Morgan fingerprint density at radius 3 is 2.73 bits per heavy atom. The minimum Gasteiger partial charge on any atom is -0.378 e. The molecule has 0 aliphatic carbocycles. The Balaban J connectivity index is 1.83. The molecular formula is C11H23NO3. The third-order valence-corrected chi connectivity index (χ3v) is 2.35. The predicted molar refractivity (Wildman–Crippen MR) is 58.9 cm³/mol. The van der Waals surface area contributed by atoms with Crippen molar-refractivity contribution < 1.29 is 14.2 Å². The van der Waals surface area contributed by atoms with Gasteiger partial charge in [-0.05, 0) is 33.4 Å². The van der Waals surface area contributed by atoms with E-state index in [9.17, 15) is 0 Å². The van der Waals surface area contributed by atoms with Crippen LogP contribution in [-0.2, 0) is 14.2 Å². The highest BCUT2D eigenvalue weighted by Crippen LogP contribution is 2.13. The van der Waals surface area contributed by atoms with E-state index < -0.39 is 0 Å². The lowest BCUT2D eigenvalue weighted by Gasteiger charge is -2.22. The van der Waals surface area contributed by atoms with Crippen LogP contribution in [0.3, 0.4) is 0 Å². The molecule has 1 unspecified atom stereocenters. The summed E-state index contributed by atoms with van der Waals surface area (Å²) < 4.78 is 16.4. The molecule has 4 heteroatoms. The van der Waals surface area contributed by atoms with Gasteiger partial charge in [-0.1, -0.05) is 0 Å². The minimum absolute atomic E-state index is 0.0104. The van der Waals surface area contributed by atoms with Crippen molar-refractivity contribution in [2.75, 3.05) is 47.1 Å². The van der Waals surface area contributed by atoms with Crippen molar-refractivity contribution in [2.24, 2.45) is 0 Å². The Labute approximate surface area is 92.5 Å². The van der Waals surface area contributed by atoms with Crippen molar-refractivity contribution >= 4 is 0 Å². The smallest absolute Gasteiger partial charge is 0.157 e. The predicted octanol–water partition coefficient (Wildman–Crippen LogP) is 1.11. The summed E-state index contributed by atoms with van der Waals surface area (Å²) in [4.78, 5) is 2.10. The molecule has 90 valence electrons. The minimum atomic E-state index is 0.0104. The Bertz CT molecular complexity index is 147. The van der Waals surface area contributed by atoms with Gasteiger partial charge in [0.1, 0.15) is 0 Å². The van der Waals surface area contributed by atoms with E-state index >= 15 is 0 Å². The van der Waals surface area contributed by atoms with Gasteiger partial charge in [-0.3, -0.25) is 0 Å². The molecule has 4 nitrogen and oxygen atoms in total. The van der Waals surface area contributed by atoms with E-state index in [0.717, 1.165) is 26.2 Å². The second-order valence-electron chi connectivity index (χ2n) is 4.08. The van der Waals surface area contributed by atoms with Crippen molar-refractivity contribution in [3.8, 4) is 0 Å². The van der Waals surface area contributed by atoms with Crippen LogP contribution in [0.15, 0.2) is 0 Å². The number of hydrogen-bond donors (Lipinski definition) is 0. The zero-order valence-electron chi connectivity index (χ0n) is 9.91. The van der Waals surface area contributed by atoms with E-state index in [2.05, 4.69) is 4.90 Å². The fraction of sp³-hybridized carbons (Fsp3) is 1.00. The van der Waals surface area contributed by atoms with E-state index in [1.807, 2.05) is 14.1 Å². The molecule has 1 saturated heterocycles. The monoisotopic (exact) mass is 217 g/mol. The first-order valence-corrected chi connectivity index (χ1v) is 5.75. The number of hydrogen-bond acceptors (Lipinski definition) is 4. The molecule has 1 heterocycles. The summed E-state index contributed by atoms with van der Waals surface area (Å²) >= 11 is 0. The third kappa shape index (κ3) is 6.84. The summed E-state index contributed by atoms with van der Waals surface area (Å²) in [7, 11) is 4.07. The van der Waals surface area contributed by atoms with Gasteiger partial charge in [-0.25, -0.2) is 0 Å². The van der Waals surface area contributed by atoms with Crippen LogP contribution in [0.4, 0.5) is 0 Å². The lowest BCUT2D eigenvalue weighted by atomic mass is 10.2. The topological polar surface area (TPSA) is 30.9 Å². The SMILES string of the molecule is CN(C)CCOCCOC1CCCCO1. The fourth-order valence-corrected chi connectivity index (χ4v) is 1.43. The molecule has 15 heavy (non-hydrogen) atoms. The molecule has 1 aliphatic rings. The van der Waals surface area contributed by atoms with Crippen molar-refractivity contribution in [1.29, 1.82) is 0 Å².